The molecule has 1 aromatic carbocycles. The molecule has 0 aliphatic rings. The van der Waals surface area contributed by atoms with Crippen molar-refractivity contribution in [2.24, 2.45) is 5.73 Å². The van der Waals surface area contributed by atoms with Gasteiger partial charge in [0.25, 0.3) is 0 Å². The number of urea groups is 1. The quantitative estimate of drug-likeness (QED) is 0.674. The van der Waals surface area contributed by atoms with Gasteiger partial charge >= 0.3 is 11.8 Å². The first-order chi connectivity index (χ1) is 8.84. The first kappa shape index (κ1) is 15.2. The van der Waals surface area contributed by atoms with Gasteiger partial charge in [-0.1, -0.05) is 0 Å². The summed E-state index contributed by atoms with van der Waals surface area (Å²) in [6, 6.07) is 4.25. The van der Waals surface area contributed by atoms with Crippen molar-refractivity contribution in [1.29, 1.82) is 0 Å². The molecule has 0 spiro atoms. The van der Waals surface area contributed by atoms with Gasteiger partial charge < -0.3 is 16.4 Å². The lowest BCUT2D eigenvalue weighted by Gasteiger charge is -2.08. The molecular formula is C10H13F2N3O3S. The molecule has 0 saturated heterocycles. The lowest BCUT2D eigenvalue weighted by Crippen LogP contribution is -2.33. The number of hydrogen-bond donors (Lipinski definition) is 3. The minimum Gasteiger partial charge on any atom is -0.383 e. The number of carbonyl (C=O) groups is 1. The maximum atomic E-state index is 12.3. The molecule has 0 unspecified atom stereocenters. The van der Waals surface area contributed by atoms with E-state index in [1.807, 2.05) is 0 Å². The predicted octanol–water partition coefficient (Wildman–Crippen LogP) is 0.763. The van der Waals surface area contributed by atoms with Gasteiger partial charge in [0.15, 0.2) is 0 Å². The Labute approximate surface area is 108 Å². The molecule has 0 fully saturated rings. The van der Waals surface area contributed by atoms with Crippen molar-refractivity contribution in [3.8, 4) is 0 Å². The summed E-state index contributed by atoms with van der Waals surface area (Å²) in [6.45, 7) is 0.649. The molecule has 0 atom stereocenters. The van der Waals surface area contributed by atoms with Crippen LogP contribution in [-0.4, -0.2) is 33.3 Å². The van der Waals surface area contributed by atoms with E-state index in [1.165, 1.54) is 12.1 Å². The van der Waals surface area contributed by atoms with Crippen LogP contribution in [0.25, 0.3) is 0 Å². The van der Waals surface area contributed by atoms with E-state index in [9.17, 15) is 22.0 Å². The molecule has 9 heteroatoms. The number of anilines is 1. The third-order valence-electron chi connectivity index (χ3n) is 2.17. The number of halogens is 2. The van der Waals surface area contributed by atoms with Gasteiger partial charge in [0, 0.05) is 18.8 Å². The van der Waals surface area contributed by atoms with Crippen LogP contribution in [0.15, 0.2) is 29.2 Å². The number of amides is 2. The number of sulfone groups is 1. The first-order valence-electron chi connectivity index (χ1n) is 5.23. The maximum absolute atomic E-state index is 12.3. The van der Waals surface area contributed by atoms with Crippen molar-refractivity contribution in [3.63, 3.8) is 0 Å². The lowest BCUT2D eigenvalue weighted by atomic mass is 10.3. The van der Waals surface area contributed by atoms with Crippen molar-refractivity contribution in [3.05, 3.63) is 24.3 Å². The topological polar surface area (TPSA) is 101 Å². The van der Waals surface area contributed by atoms with Crippen LogP contribution in [0.1, 0.15) is 0 Å². The second kappa shape index (κ2) is 6.32. The van der Waals surface area contributed by atoms with E-state index in [2.05, 4.69) is 10.6 Å². The molecule has 1 rings (SSSR count). The molecule has 0 saturated carbocycles. The number of primary amides is 1. The van der Waals surface area contributed by atoms with Gasteiger partial charge in [-0.15, -0.1) is 0 Å². The highest BCUT2D eigenvalue weighted by atomic mass is 32.2. The van der Waals surface area contributed by atoms with Crippen LogP contribution in [0, 0.1) is 0 Å². The van der Waals surface area contributed by atoms with Crippen molar-refractivity contribution in [2.75, 3.05) is 18.4 Å². The number of alkyl halides is 2. The van der Waals surface area contributed by atoms with Gasteiger partial charge in [-0.05, 0) is 24.3 Å². The SMILES string of the molecule is NC(=O)NCCNc1ccc(S(=O)(=O)C(F)F)cc1. The molecule has 1 aromatic rings. The zero-order chi connectivity index (χ0) is 14.5. The molecule has 0 aliphatic carbocycles. The van der Waals surface area contributed by atoms with Crippen molar-refractivity contribution in [2.45, 2.75) is 10.7 Å². The summed E-state index contributed by atoms with van der Waals surface area (Å²) in [6.07, 6.45) is 0. The second-order valence-corrected chi connectivity index (χ2v) is 5.47. The van der Waals surface area contributed by atoms with E-state index in [1.54, 1.807) is 0 Å². The molecule has 0 bridgehead atoms. The van der Waals surface area contributed by atoms with Gasteiger partial charge in [-0.3, -0.25) is 0 Å². The number of carbonyl (C=O) groups excluding carboxylic acids is 1. The Morgan fingerprint density at radius 3 is 2.26 bits per heavy atom. The van der Waals surface area contributed by atoms with Crippen molar-refractivity contribution in [1.82, 2.24) is 5.32 Å². The highest BCUT2D eigenvalue weighted by Crippen LogP contribution is 2.19. The highest BCUT2D eigenvalue weighted by Gasteiger charge is 2.26. The molecule has 6 nitrogen and oxygen atoms in total. The molecule has 4 N–H and O–H groups in total. The summed E-state index contributed by atoms with van der Waals surface area (Å²) >= 11 is 0. The van der Waals surface area contributed by atoms with E-state index in [0.717, 1.165) is 12.1 Å². The Kier molecular flexibility index (Phi) is 5.04. The Morgan fingerprint density at radius 2 is 1.79 bits per heavy atom. The summed E-state index contributed by atoms with van der Waals surface area (Å²) in [5, 5.41) is 5.20. The average molecular weight is 293 g/mol. The summed E-state index contributed by atoms with van der Waals surface area (Å²) in [7, 11) is -4.56. The minimum absolute atomic E-state index is 0.284. The molecule has 0 aromatic heterocycles. The summed E-state index contributed by atoms with van der Waals surface area (Å²) in [4.78, 5) is 9.93. The van der Waals surface area contributed by atoms with E-state index in [4.69, 9.17) is 5.73 Å². The zero-order valence-electron chi connectivity index (χ0n) is 9.77. The largest absolute Gasteiger partial charge is 0.383 e. The fourth-order valence-electron chi connectivity index (χ4n) is 1.26. The van der Waals surface area contributed by atoms with Crippen LogP contribution in [-0.2, 0) is 9.84 Å². The van der Waals surface area contributed by atoms with Crippen LogP contribution >= 0.6 is 0 Å². The smallest absolute Gasteiger partial charge is 0.341 e. The molecular weight excluding hydrogens is 280 g/mol. The Balaban J connectivity index is 2.60. The number of rotatable bonds is 6. The third kappa shape index (κ3) is 4.36. The van der Waals surface area contributed by atoms with Crippen LogP contribution in [0.5, 0.6) is 0 Å². The fraction of sp³-hybridized carbons (Fsp3) is 0.300. The Hall–Kier alpha value is -1.90. The highest BCUT2D eigenvalue weighted by molar-refractivity contribution is 7.91. The first-order valence-corrected chi connectivity index (χ1v) is 6.78. The summed E-state index contributed by atoms with van der Waals surface area (Å²) in [5.41, 5.74) is 5.39. The fourth-order valence-corrected chi connectivity index (χ4v) is 1.98. The molecule has 2 amide bonds. The van der Waals surface area contributed by atoms with Crippen molar-refractivity contribution < 1.29 is 22.0 Å². The third-order valence-corrected chi connectivity index (χ3v) is 3.57. The van der Waals surface area contributed by atoms with E-state index in [0.29, 0.717) is 12.2 Å². The Morgan fingerprint density at radius 1 is 1.21 bits per heavy atom. The summed E-state index contributed by atoms with van der Waals surface area (Å²) in [5.74, 6) is -3.44. The monoisotopic (exact) mass is 293 g/mol. The number of hydrogen-bond acceptors (Lipinski definition) is 4. The zero-order valence-corrected chi connectivity index (χ0v) is 10.6. The van der Waals surface area contributed by atoms with Crippen LogP contribution in [0.3, 0.4) is 0 Å². The molecule has 19 heavy (non-hydrogen) atoms. The number of nitrogens with two attached hydrogens (primary N) is 1. The number of nitrogens with one attached hydrogen (secondary N) is 2. The second-order valence-electron chi connectivity index (χ2n) is 3.55. The van der Waals surface area contributed by atoms with E-state index >= 15 is 0 Å². The van der Waals surface area contributed by atoms with Crippen molar-refractivity contribution >= 4 is 21.6 Å². The molecule has 106 valence electrons. The molecule has 0 radical (unpaired) electrons. The van der Waals surface area contributed by atoms with Gasteiger partial charge in [-0.25, -0.2) is 13.2 Å². The van der Waals surface area contributed by atoms with E-state index < -0.39 is 26.5 Å². The van der Waals surface area contributed by atoms with Gasteiger partial charge in [-0.2, -0.15) is 8.78 Å². The van der Waals surface area contributed by atoms with Crippen LogP contribution in [0.4, 0.5) is 19.3 Å². The number of benzene rings is 1. The molecule has 0 aliphatic heterocycles. The average Bonchev–Trinajstić information content (AvgIpc) is 2.35. The van der Waals surface area contributed by atoms with Crippen LogP contribution < -0.4 is 16.4 Å². The maximum Gasteiger partial charge on any atom is 0.341 e. The van der Waals surface area contributed by atoms with Gasteiger partial charge in [0.05, 0.1) is 4.90 Å². The predicted molar refractivity (Wildman–Crippen MR) is 65.7 cm³/mol. The van der Waals surface area contributed by atoms with Gasteiger partial charge in [0.2, 0.25) is 9.84 Å². The minimum atomic E-state index is -4.56. The standard InChI is InChI=1S/C10H13F2N3O3S/c11-9(12)19(17,18)8-3-1-7(2-4-8)14-5-6-15-10(13)16/h1-4,9,14H,5-6H2,(H3,13,15,16). The molecule has 0 heterocycles. The summed E-state index contributed by atoms with van der Waals surface area (Å²) < 4.78 is 46.8. The van der Waals surface area contributed by atoms with Gasteiger partial charge in [0.1, 0.15) is 0 Å². The van der Waals surface area contributed by atoms with E-state index in [-0.39, 0.29) is 6.54 Å². The van der Waals surface area contributed by atoms with Crippen LogP contribution in [0.2, 0.25) is 0 Å². The Bertz CT molecular complexity index is 531. The lowest BCUT2D eigenvalue weighted by molar-refractivity contribution is 0.234. The normalized spacial score (nSPS) is 11.3.